The Hall–Kier alpha value is -1.69. The molecule has 0 radical (unpaired) electrons. The first kappa shape index (κ1) is 16.2. The first-order chi connectivity index (χ1) is 11.0. The maximum atomic E-state index is 12.9. The molecule has 0 saturated heterocycles. The number of carbonyl (C=O) groups excluding carboxylic acids is 2. The molecular weight excluding hydrogens is 401 g/mol. The molecule has 0 bridgehead atoms. The van der Waals surface area contributed by atoms with E-state index in [1.165, 1.54) is 5.56 Å². The van der Waals surface area contributed by atoms with Crippen molar-refractivity contribution in [1.82, 2.24) is 0 Å². The lowest BCUT2D eigenvalue weighted by Gasteiger charge is -2.30. The van der Waals surface area contributed by atoms with Crippen LogP contribution in [0.3, 0.4) is 0 Å². The summed E-state index contributed by atoms with van der Waals surface area (Å²) in [4.78, 5) is 26.0. The molecule has 1 aliphatic rings. The molecule has 0 aromatic heterocycles. The quantitative estimate of drug-likeness (QED) is 0.546. The normalized spacial score (nSPS) is 14.1. The summed E-state index contributed by atoms with van der Waals surface area (Å²) in [5.41, 5.74) is 4.40. The number of amides is 1. The number of nitrogens with zero attached hydrogens (tertiary/aromatic N) is 1. The SMILES string of the molecule is CC(C)c1ccc2c(c1)CCN(c1cccc(I)c1C=O)C2=O. The maximum absolute atomic E-state index is 12.9. The second kappa shape index (κ2) is 6.43. The third kappa shape index (κ3) is 2.92. The van der Waals surface area contributed by atoms with Crippen LogP contribution in [0.5, 0.6) is 0 Å². The standard InChI is InChI=1S/C19H18INO2/c1-12(2)13-6-7-15-14(10-13)8-9-21(19(15)23)18-5-3-4-17(20)16(18)11-22/h3-7,10-12H,8-9H2,1-2H3. The van der Waals surface area contributed by atoms with Crippen molar-refractivity contribution < 1.29 is 9.59 Å². The monoisotopic (exact) mass is 419 g/mol. The van der Waals surface area contributed by atoms with Gasteiger partial charge in [-0.3, -0.25) is 9.59 Å². The number of aldehydes is 1. The van der Waals surface area contributed by atoms with Gasteiger partial charge in [-0.15, -0.1) is 0 Å². The topological polar surface area (TPSA) is 37.4 Å². The van der Waals surface area contributed by atoms with E-state index in [9.17, 15) is 9.59 Å². The van der Waals surface area contributed by atoms with Crippen molar-refractivity contribution in [3.05, 3.63) is 62.2 Å². The Bertz CT molecular complexity index is 783. The fourth-order valence-corrected chi connectivity index (χ4v) is 3.59. The first-order valence-electron chi connectivity index (χ1n) is 7.71. The highest BCUT2D eigenvalue weighted by atomic mass is 127. The molecule has 4 heteroatoms. The van der Waals surface area contributed by atoms with E-state index in [4.69, 9.17) is 0 Å². The van der Waals surface area contributed by atoms with E-state index in [1.807, 2.05) is 30.3 Å². The van der Waals surface area contributed by atoms with Crippen LogP contribution in [0.4, 0.5) is 5.69 Å². The second-order valence-electron chi connectivity index (χ2n) is 6.07. The van der Waals surface area contributed by atoms with Crippen molar-refractivity contribution >= 4 is 40.5 Å². The molecule has 2 aromatic rings. The molecule has 3 rings (SSSR count). The lowest BCUT2D eigenvalue weighted by Crippen LogP contribution is -2.38. The van der Waals surface area contributed by atoms with Crippen LogP contribution < -0.4 is 4.90 Å². The zero-order valence-corrected chi connectivity index (χ0v) is 15.3. The van der Waals surface area contributed by atoms with Crippen LogP contribution in [0.1, 0.15) is 51.6 Å². The van der Waals surface area contributed by atoms with Crippen molar-refractivity contribution in [3.63, 3.8) is 0 Å². The van der Waals surface area contributed by atoms with Crippen molar-refractivity contribution in [1.29, 1.82) is 0 Å². The predicted molar refractivity (Wildman–Crippen MR) is 100 cm³/mol. The van der Waals surface area contributed by atoms with E-state index in [2.05, 4.69) is 42.5 Å². The maximum Gasteiger partial charge on any atom is 0.258 e. The Morgan fingerprint density at radius 2 is 2.00 bits per heavy atom. The Morgan fingerprint density at radius 1 is 1.22 bits per heavy atom. The van der Waals surface area contributed by atoms with Crippen molar-refractivity contribution in [2.45, 2.75) is 26.2 Å². The van der Waals surface area contributed by atoms with Gasteiger partial charge in [0, 0.05) is 15.7 Å². The first-order valence-corrected chi connectivity index (χ1v) is 8.79. The van der Waals surface area contributed by atoms with Gasteiger partial charge in [0.1, 0.15) is 0 Å². The number of benzene rings is 2. The van der Waals surface area contributed by atoms with Gasteiger partial charge in [-0.25, -0.2) is 0 Å². The molecule has 0 fully saturated rings. The molecule has 0 aliphatic carbocycles. The van der Waals surface area contributed by atoms with Gasteiger partial charge in [0.2, 0.25) is 0 Å². The Labute approximate surface area is 149 Å². The Kier molecular flexibility index (Phi) is 4.53. The number of hydrogen-bond donors (Lipinski definition) is 0. The Morgan fingerprint density at radius 3 is 2.70 bits per heavy atom. The van der Waals surface area contributed by atoms with Crippen LogP contribution in [-0.4, -0.2) is 18.7 Å². The van der Waals surface area contributed by atoms with E-state index in [0.717, 1.165) is 27.4 Å². The lowest BCUT2D eigenvalue weighted by atomic mass is 9.92. The van der Waals surface area contributed by atoms with Crippen molar-refractivity contribution in [2.75, 3.05) is 11.4 Å². The third-order valence-corrected chi connectivity index (χ3v) is 5.26. The lowest BCUT2D eigenvalue weighted by molar-refractivity contribution is 0.0980. The van der Waals surface area contributed by atoms with Gasteiger partial charge in [0.15, 0.2) is 6.29 Å². The van der Waals surface area contributed by atoms with Gasteiger partial charge in [-0.05, 0) is 64.3 Å². The van der Waals surface area contributed by atoms with E-state index >= 15 is 0 Å². The second-order valence-corrected chi connectivity index (χ2v) is 7.23. The highest BCUT2D eigenvalue weighted by Crippen LogP contribution is 2.30. The highest BCUT2D eigenvalue weighted by Gasteiger charge is 2.27. The summed E-state index contributed by atoms with van der Waals surface area (Å²) in [5.74, 6) is 0.428. The molecular formula is C19H18INO2. The zero-order valence-electron chi connectivity index (χ0n) is 13.2. The molecule has 0 spiro atoms. The van der Waals surface area contributed by atoms with Crippen LogP contribution in [0.15, 0.2) is 36.4 Å². The molecule has 118 valence electrons. The molecule has 2 aromatic carbocycles. The van der Waals surface area contributed by atoms with Crippen LogP contribution >= 0.6 is 22.6 Å². The molecule has 0 saturated carbocycles. The smallest absolute Gasteiger partial charge is 0.258 e. The number of carbonyl (C=O) groups is 2. The molecule has 23 heavy (non-hydrogen) atoms. The third-order valence-electron chi connectivity index (χ3n) is 4.31. The van der Waals surface area contributed by atoms with Crippen molar-refractivity contribution in [2.24, 2.45) is 0 Å². The summed E-state index contributed by atoms with van der Waals surface area (Å²) in [5, 5.41) is 0. The van der Waals surface area contributed by atoms with E-state index in [1.54, 1.807) is 4.90 Å². The number of halogens is 1. The molecule has 0 atom stereocenters. The van der Waals surface area contributed by atoms with Crippen LogP contribution in [0.2, 0.25) is 0 Å². The van der Waals surface area contributed by atoms with Gasteiger partial charge < -0.3 is 4.90 Å². The average molecular weight is 419 g/mol. The van der Waals surface area contributed by atoms with Crippen LogP contribution in [-0.2, 0) is 6.42 Å². The number of fused-ring (bicyclic) bond motifs is 1. The summed E-state index contributed by atoms with van der Waals surface area (Å²) in [6, 6.07) is 11.7. The molecule has 1 heterocycles. The van der Waals surface area contributed by atoms with Gasteiger partial charge >= 0.3 is 0 Å². The van der Waals surface area contributed by atoms with Crippen molar-refractivity contribution in [3.8, 4) is 0 Å². The molecule has 1 amide bonds. The van der Waals surface area contributed by atoms with Gasteiger partial charge in [-0.1, -0.05) is 32.0 Å². The fraction of sp³-hybridized carbons (Fsp3) is 0.263. The summed E-state index contributed by atoms with van der Waals surface area (Å²) >= 11 is 2.13. The predicted octanol–water partition coefficient (Wildman–Crippen LogP) is 4.43. The largest absolute Gasteiger partial charge is 0.307 e. The van der Waals surface area contributed by atoms with Crippen LogP contribution in [0.25, 0.3) is 0 Å². The van der Waals surface area contributed by atoms with Crippen LogP contribution in [0, 0.1) is 3.57 Å². The van der Waals surface area contributed by atoms with Gasteiger partial charge in [0.25, 0.3) is 5.91 Å². The number of anilines is 1. The molecule has 0 unspecified atom stereocenters. The fourth-order valence-electron chi connectivity index (χ4n) is 2.97. The highest BCUT2D eigenvalue weighted by molar-refractivity contribution is 14.1. The molecule has 1 aliphatic heterocycles. The van der Waals surface area contributed by atoms with Gasteiger partial charge in [-0.2, -0.15) is 0 Å². The zero-order chi connectivity index (χ0) is 16.6. The number of hydrogen-bond acceptors (Lipinski definition) is 2. The summed E-state index contributed by atoms with van der Waals surface area (Å²) in [6.07, 6.45) is 1.65. The number of rotatable bonds is 3. The molecule has 0 N–H and O–H groups in total. The minimum atomic E-state index is -0.0216. The molecule has 3 nitrogen and oxygen atoms in total. The summed E-state index contributed by atoms with van der Waals surface area (Å²) in [6.45, 7) is 4.91. The van der Waals surface area contributed by atoms with Gasteiger partial charge in [0.05, 0.1) is 11.3 Å². The van der Waals surface area contributed by atoms with E-state index in [-0.39, 0.29) is 5.91 Å². The van der Waals surface area contributed by atoms with E-state index in [0.29, 0.717) is 23.7 Å². The minimum absolute atomic E-state index is 0.0216. The average Bonchev–Trinajstić information content (AvgIpc) is 2.54. The van der Waals surface area contributed by atoms with E-state index < -0.39 is 0 Å². The minimum Gasteiger partial charge on any atom is -0.307 e. The summed E-state index contributed by atoms with van der Waals surface area (Å²) < 4.78 is 0.865. The summed E-state index contributed by atoms with van der Waals surface area (Å²) in [7, 11) is 0. The Balaban J connectivity index is 2.02.